The predicted octanol–water partition coefficient (Wildman–Crippen LogP) is 3.76. The van der Waals surface area contributed by atoms with E-state index in [2.05, 4.69) is 4.98 Å². The molecule has 3 rings (SSSR count). The van der Waals surface area contributed by atoms with E-state index >= 15 is 0 Å². The molecule has 1 aromatic carbocycles. The molecule has 0 N–H and O–H groups in total. The van der Waals surface area contributed by atoms with E-state index in [1.54, 1.807) is 14.0 Å². The molecule has 2 aromatic rings. The normalized spacial score (nSPS) is 21.1. The summed E-state index contributed by atoms with van der Waals surface area (Å²) >= 11 is 0. The fourth-order valence-corrected chi connectivity index (χ4v) is 2.94. The van der Waals surface area contributed by atoms with E-state index in [1.165, 1.54) is 0 Å². The van der Waals surface area contributed by atoms with Gasteiger partial charge < -0.3 is 13.9 Å². The Kier molecular flexibility index (Phi) is 4.76. The van der Waals surface area contributed by atoms with Crippen LogP contribution < -0.4 is 0 Å². The monoisotopic (exact) mass is 315 g/mol. The van der Waals surface area contributed by atoms with Gasteiger partial charge in [-0.1, -0.05) is 30.3 Å². The highest BCUT2D eigenvalue weighted by atomic mass is 16.5. The van der Waals surface area contributed by atoms with Crippen LogP contribution in [0.4, 0.5) is 0 Å². The second-order valence-corrected chi connectivity index (χ2v) is 5.82. The minimum absolute atomic E-state index is 0.0745. The molecule has 0 radical (unpaired) electrons. The van der Waals surface area contributed by atoms with E-state index < -0.39 is 5.97 Å². The van der Waals surface area contributed by atoms with Gasteiger partial charge in [-0.3, -0.25) is 0 Å². The molecule has 1 aliphatic rings. The molecule has 1 aromatic heterocycles. The first kappa shape index (κ1) is 15.7. The second kappa shape index (κ2) is 6.96. The van der Waals surface area contributed by atoms with Crippen molar-refractivity contribution in [2.45, 2.75) is 44.8 Å². The number of rotatable bonds is 4. The third-order valence-corrected chi connectivity index (χ3v) is 4.19. The number of hydrogen-bond donors (Lipinski definition) is 0. The maximum Gasteiger partial charge on any atom is 0.361 e. The Labute approximate surface area is 135 Å². The summed E-state index contributed by atoms with van der Waals surface area (Å²) in [4.78, 5) is 16.7. The van der Waals surface area contributed by atoms with Crippen LogP contribution in [-0.2, 0) is 9.47 Å². The standard InChI is InChI=1S/C18H21NO4/c1-12-19-16(17(22-12)13-6-4-3-5-7-13)18(20)23-15-10-8-14(21-2)9-11-15/h3-7,14-15H,8-11H2,1-2H3. The van der Waals surface area contributed by atoms with Gasteiger partial charge in [0.05, 0.1) is 6.10 Å². The number of aryl methyl sites for hydroxylation is 1. The summed E-state index contributed by atoms with van der Waals surface area (Å²) in [5, 5.41) is 0. The van der Waals surface area contributed by atoms with Gasteiger partial charge in [-0.2, -0.15) is 0 Å². The van der Waals surface area contributed by atoms with Gasteiger partial charge in [-0.15, -0.1) is 0 Å². The molecule has 5 nitrogen and oxygen atoms in total. The summed E-state index contributed by atoms with van der Waals surface area (Å²) in [6.45, 7) is 1.73. The fourth-order valence-electron chi connectivity index (χ4n) is 2.94. The Morgan fingerprint density at radius 1 is 1.13 bits per heavy atom. The van der Waals surface area contributed by atoms with Crippen LogP contribution in [0.5, 0.6) is 0 Å². The Morgan fingerprint density at radius 3 is 2.43 bits per heavy atom. The molecular formula is C18H21NO4. The smallest absolute Gasteiger partial charge is 0.361 e. The molecule has 122 valence electrons. The number of esters is 1. The lowest BCUT2D eigenvalue weighted by Crippen LogP contribution is -2.28. The van der Waals surface area contributed by atoms with E-state index in [0.717, 1.165) is 31.2 Å². The Balaban J connectivity index is 1.73. The van der Waals surface area contributed by atoms with E-state index in [1.807, 2.05) is 30.3 Å². The Bertz CT molecular complexity index is 657. The lowest BCUT2D eigenvalue weighted by molar-refractivity contribution is -0.00576. The second-order valence-electron chi connectivity index (χ2n) is 5.82. The van der Waals surface area contributed by atoms with Gasteiger partial charge in [0.1, 0.15) is 6.10 Å². The van der Waals surface area contributed by atoms with Crippen molar-refractivity contribution >= 4 is 5.97 Å². The molecule has 0 saturated heterocycles. The first-order chi connectivity index (χ1) is 11.2. The van der Waals surface area contributed by atoms with E-state index in [-0.39, 0.29) is 17.9 Å². The highest BCUT2D eigenvalue weighted by Gasteiger charge is 2.27. The molecule has 0 aliphatic heterocycles. The zero-order chi connectivity index (χ0) is 16.2. The predicted molar refractivity (Wildman–Crippen MR) is 85.1 cm³/mol. The first-order valence-corrected chi connectivity index (χ1v) is 7.94. The van der Waals surface area contributed by atoms with Crippen LogP contribution in [0.25, 0.3) is 11.3 Å². The number of carbonyl (C=O) groups is 1. The fraction of sp³-hybridized carbons (Fsp3) is 0.444. The van der Waals surface area contributed by atoms with Gasteiger partial charge in [0, 0.05) is 19.6 Å². The quantitative estimate of drug-likeness (QED) is 0.804. The molecule has 0 unspecified atom stereocenters. The molecule has 0 amide bonds. The minimum atomic E-state index is -0.415. The molecule has 5 heteroatoms. The lowest BCUT2D eigenvalue weighted by Gasteiger charge is -2.27. The Morgan fingerprint density at radius 2 is 1.78 bits per heavy atom. The summed E-state index contributed by atoms with van der Waals surface area (Å²) in [6, 6.07) is 9.49. The third-order valence-electron chi connectivity index (χ3n) is 4.19. The summed E-state index contributed by atoms with van der Waals surface area (Å²) in [5.74, 6) is 0.513. The maximum atomic E-state index is 12.5. The molecule has 1 saturated carbocycles. The lowest BCUT2D eigenvalue weighted by atomic mass is 9.95. The van der Waals surface area contributed by atoms with E-state index in [9.17, 15) is 4.79 Å². The van der Waals surface area contributed by atoms with Crippen LogP contribution in [0.15, 0.2) is 34.7 Å². The molecule has 1 aliphatic carbocycles. The van der Waals surface area contributed by atoms with Gasteiger partial charge in [0.25, 0.3) is 0 Å². The number of ether oxygens (including phenoxy) is 2. The number of carbonyl (C=O) groups excluding carboxylic acids is 1. The summed E-state index contributed by atoms with van der Waals surface area (Å²) in [7, 11) is 1.72. The third kappa shape index (κ3) is 3.62. The largest absolute Gasteiger partial charge is 0.458 e. The van der Waals surface area contributed by atoms with Gasteiger partial charge in [-0.05, 0) is 25.7 Å². The summed E-state index contributed by atoms with van der Waals surface area (Å²) < 4.78 is 16.6. The number of hydrogen-bond acceptors (Lipinski definition) is 5. The average Bonchev–Trinajstić information content (AvgIpc) is 2.98. The van der Waals surface area contributed by atoms with Gasteiger partial charge in [0.2, 0.25) is 0 Å². The van der Waals surface area contributed by atoms with Crippen LogP contribution >= 0.6 is 0 Å². The summed E-state index contributed by atoms with van der Waals surface area (Å²) in [5.41, 5.74) is 1.07. The van der Waals surface area contributed by atoms with Crippen molar-refractivity contribution in [3.8, 4) is 11.3 Å². The number of methoxy groups -OCH3 is 1. The highest BCUT2D eigenvalue weighted by molar-refractivity contribution is 5.93. The van der Waals surface area contributed by atoms with Crippen molar-refractivity contribution in [2.24, 2.45) is 0 Å². The van der Waals surface area contributed by atoms with Gasteiger partial charge in [-0.25, -0.2) is 9.78 Å². The first-order valence-electron chi connectivity index (χ1n) is 7.94. The number of benzene rings is 1. The van der Waals surface area contributed by atoms with Crippen molar-refractivity contribution in [1.29, 1.82) is 0 Å². The topological polar surface area (TPSA) is 61.6 Å². The number of oxazole rings is 1. The minimum Gasteiger partial charge on any atom is -0.458 e. The van der Waals surface area contributed by atoms with Crippen LogP contribution in [-0.4, -0.2) is 30.3 Å². The van der Waals surface area contributed by atoms with Crippen LogP contribution in [0.3, 0.4) is 0 Å². The van der Waals surface area contributed by atoms with Crippen molar-refractivity contribution in [1.82, 2.24) is 4.98 Å². The van der Waals surface area contributed by atoms with Crippen molar-refractivity contribution < 1.29 is 18.7 Å². The summed E-state index contributed by atoms with van der Waals surface area (Å²) in [6.07, 6.45) is 3.67. The molecule has 0 spiro atoms. The maximum absolute atomic E-state index is 12.5. The van der Waals surface area contributed by atoms with E-state index in [4.69, 9.17) is 13.9 Å². The van der Waals surface area contributed by atoms with Crippen LogP contribution in [0, 0.1) is 6.92 Å². The molecule has 0 atom stereocenters. The number of nitrogens with zero attached hydrogens (tertiary/aromatic N) is 1. The SMILES string of the molecule is COC1CCC(OC(=O)c2nc(C)oc2-c2ccccc2)CC1. The molecule has 23 heavy (non-hydrogen) atoms. The van der Waals surface area contributed by atoms with Crippen LogP contribution in [0.2, 0.25) is 0 Å². The van der Waals surface area contributed by atoms with Crippen molar-refractivity contribution in [3.63, 3.8) is 0 Å². The van der Waals surface area contributed by atoms with Crippen molar-refractivity contribution in [3.05, 3.63) is 41.9 Å². The highest BCUT2D eigenvalue weighted by Crippen LogP contribution is 2.28. The molecular weight excluding hydrogens is 294 g/mol. The Hall–Kier alpha value is -2.14. The van der Waals surface area contributed by atoms with Crippen molar-refractivity contribution in [2.75, 3.05) is 7.11 Å². The molecule has 1 heterocycles. The zero-order valence-electron chi connectivity index (χ0n) is 13.5. The number of aromatic nitrogens is 1. The van der Waals surface area contributed by atoms with Gasteiger partial charge >= 0.3 is 5.97 Å². The van der Waals surface area contributed by atoms with E-state index in [0.29, 0.717) is 11.7 Å². The molecule has 1 fully saturated rings. The average molecular weight is 315 g/mol. The van der Waals surface area contributed by atoms with Gasteiger partial charge in [0.15, 0.2) is 17.3 Å². The van der Waals surface area contributed by atoms with Crippen LogP contribution in [0.1, 0.15) is 42.1 Å². The zero-order valence-corrected chi connectivity index (χ0v) is 13.5. The molecule has 0 bridgehead atoms.